The lowest BCUT2D eigenvalue weighted by molar-refractivity contribution is 0.580. The second-order valence-corrected chi connectivity index (χ2v) is 6.38. The number of hydrazine groups is 1. The van der Waals surface area contributed by atoms with E-state index in [1.54, 1.807) is 11.1 Å². The Morgan fingerprint density at radius 3 is 2.47 bits per heavy atom. The highest BCUT2D eigenvalue weighted by atomic mass is 32.2. The van der Waals surface area contributed by atoms with Gasteiger partial charge in [0.15, 0.2) is 0 Å². The van der Waals surface area contributed by atoms with Gasteiger partial charge in [-0.2, -0.15) is 0 Å². The minimum absolute atomic E-state index is 0.619. The number of hydrogen-bond donors (Lipinski definition) is 2. The molecule has 19 heavy (non-hydrogen) atoms. The molecule has 0 fully saturated rings. The van der Waals surface area contributed by atoms with Crippen molar-refractivity contribution in [1.82, 2.24) is 4.83 Å². The molecule has 1 rings (SSSR count). The molecule has 0 aliphatic rings. The third-order valence-electron chi connectivity index (χ3n) is 2.64. The number of hydrogen-bond acceptors (Lipinski definition) is 4. The first-order chi connectivity index (χ1) is 8.87. The van der Waals surface area contributed by atoms with Crippen LogP contribution in [-0.2, 0) is 16.4 Å². The van der Waals surface area contributed by atoms with Crippen LogP contribution in [0, 0.1) is 0 Å². The van der Waals surface area contributed by atoms with Crippen LogP contribution >= 0.6 is 0 Å². The number of benzene rings is 1. The van der Waals surface area contributed by atoms with Crippen LogP contribution in [0.1, 0.15) is 32.3 Å². The first-order valence-corrected chi connectivity index (χ1v) is 8.40. The summed E-state index contributed by atoms with van der Waals surface area (Å²) >= 11 is 0. The van der Waals surface area contributed by atoms with Crippen molar-refractivity contribution in [2.75, 3.05) is 23.5 Å². The fraction of sp³-hybridized carbons (Fsp3) is 0.538. The molecule has 0 amide bonds. The third-order valence-corrected chi connectivity index (χ3v) is 3.19. The zero-order valence-corrected chi connectivity index (χ0v) is 12.6. The van der Waals surface area contributed by atoms with Crippen LogP contribution in [0.4, 0.5) is 11.4 Å². The zero-order chi connectivity index (χ0) is 14.5. The van der Waals surface area contributed by atoms with Gasteiger partial charge in [0.1, 0.15) is 0 Å². The Bertz CT molecular complexity index is 515. The molecular weight excluding hydrogens is 262 g/mol. The first-order valence-electron chi connectivity index (χ1n) is 6.50. The van der Waals surface area contributed by atoms with E-state index in [0.29, 0.717) is 12.2 Å². The molecule has 0 saturated heterocycles. The quantitative estimate of drug-likeness (QED) is 0.592. The van der Waals surface area contributed by atoms with E-state index in [1.807, 2.05) is 19.1 Å². The van der Waals surface area contributed by atoms with Gasteiger partial charge in [-0.05, 0) is 36.6 Å². The highest BCUT2D eigenvalue weighted by Gasteiger charge is 2.14. The molecule has 6 heteroatoms. The van der Waals surface area contributed by atoms with Crippen molar-refractivity contribution in [3.63, 3.8) is 0 Å². The van der Waals surface area contributed by atoms with Gasteiger partial charge >= 0.3 is 0 Å². The molecule has 0 aromatic heterocycles. The summed E-state index contributed by atoms with van der Waals surface area (Å²) < 4.78 is 22.9. The zero-order valence-electron chi connectivity index (χ0n) is 11.8. The van der Waals surface area contributed by atoms with Crippen LogP contribution in [0.15, 0.2) is 18.2 Å². The predicted molar refractivity (Wildman–Crippen MR) is 80.5 cm³/mol. The molecule has 0 saturated carbocycles. The van der Waals surface area contributed by atoms with E-state index in [0.717, 1.165) is 36.8 Å². The average Bonchev–Trinajstić information content (AvgIpc) is 2.27. The van der Waals surface area contributed by atoms with Gasteiger partial charge in [0.25, 0.3) is 0 Å². The Labute approximate surface area is 115 Å². The molecule has 0 aliphatic heterocycles. The van der Waals surface area contributed by atoms with Crippen LogP contribution in [-0.4, -0.2) is 21.2 Å². The van der Waals surface area contributed by atoms with Crippen LogP contribution in [0.5, 0.6) is 0 Å². The van der Waals surface area contributed by atoms with Crippen molar-refractivity contribution in [2.45, 2.75) is 33.1 Å². The lowest BCUT2D eigenvalue weighted by Crippen LogP contribution is -2.42. The van der Waals surface area contributed by atoms with Crippen molar-refractivity contribution in [2.24, 2.45) is 0 Å². The predicted octanol–water partition coefficient (Wildman–Crippen LogP) is 1.90. The topological polar surface area (TPSA) is 75.4 Å². The third kappa shape index (κ3) is 5.08. The fourth-order valence-electron chi connectivity index (χ4n) is 1.98. The van der Waals surface area contributed by atoms with E-state index in [-0.39, 0.29) is 0 Å². The number of anilines is 2. The number of nitrogens with zero attached hydrogens (tertiary/aromatic N) is 1. The summed E-state index contributed by atoms with van der Waals surface area (Å²) in [4.78, 5) is 2.56. The van der Waals surface area contributed by atoms with E-state index < -0.39 is 10.0 Å². The summed E-state index contributed by atoms with van der Waals surface area (Å²) in [6.45, 7) is 4.71. The van der Waals surface area contributed by atoms with Crippen LogP contribution < -0.4 is 15.6 Å². The second-order valence-electron chi connectivity index (χ2n) is 4.65. The maximum absolute atomic E-state index is 11.4. The average molecular weight is 285 g/mol. The Morgan fingerprint density at radius 1 is 1.26 bits per heavy atom. The van der Waals surface area contributed by atoms with Crippen LogP contribution in [0.3, 0.4) is 0 Å². The molecular formula is C13H23N3O2S. The molecule has 0 bridgehead atoms. The summed E-state index contributed by atoms with van der Waals surface area (Å²) in [5.41, 5.74) is 8.44. The first kappa shape index (κ1) is 15.8. The normalized spacial score (nSPS) is 11.5. The number of nitrogen functional groups attached to an aromatic ring is 1. The lowest BCUT2D eigenvalue weighted by Gasteiger charge is -2.26. The maximum Gasteiger partial charge on any atom is 0.225 e. The fourth-order valence-corrected chi connectivity index (χ4v) is 2.57. The van der Waals surface area contributed by atoms with E-state index in [4.69, 9.17) is 5.73 Å². The summed E-state index contributed by atoms with van der Waals surface area (Å²) in [6.07, 6.45) is 3.85. The van der Waals surface area contributed by atoms with Gasteiger partial charge in [0.2, 0.25) is 10.0 Å². The smallest absolute Gasteiger partial charge is 0.225 e. The summed E-state index contributed by atoms with van der Waals surface area (Å²) in [5, 5.41) is 1.68. The maximum atomic E-state index is 11.4. The Kier molecular flexibility index (Phi) is 5.62. The van der Waals surface area contributed by atoms with Crippen LogP contribution in [0.25, 0.3) is 0 Å². The highest BCUT2D eigenvalue weighted by molar-refractivity contribution is 7.88. The number of rotatable bonds is 7. The van der Waals surface area contributed by atoms with Crippen molar-refractivity contribution >= 4 is 21.4 Å². The largest absolute Gasteiger partial charge is 0.399 e. The van der Waals surface area contributed by atoms with Crippen molar-refractivity contribution < 1.29 is 8.42 Å². The van der Waals surface area contributed by atoms with Crippen molar-refractivity contribution in [3.8, 4) is 0 Å². The molecule has 1 aromatic rings. The van der Waals surface area contributed by atoms with Gasteiger partial charge in [0, 0.05) is 12.2 Å². The molecule has 0 heterocycles. The highest BCUT2D eigenvalue weighted by Crippen LogP contribution is 2.24. The van der Waals surface area contributed by atoms with Gasteiger partial charge in [-0.15, -0.1) is 4.83 Å². The van der Waals surface area contributed by atoms with Gasteiger partial charge < -0.3 is 5.73 Å². The molecule has 0 aliphatic carbocycles. The Balaban J connectivity index is 3.13. The molecule has 3 N–H and O–H groups in total. The minimum atomic E-state index is -3.29. The Hall–Kier alpha value is -1.27. The van der Waals surface area contributed by atoms with Crippen LogP contribution in [0.2, 0.25) is 0 Å². The molecule has 0 spiro atoms. The number of sulfonamides is 1. The molecule has 0 unspecified atom stereocenters. The number of nitrogens with two attached hydrogens (primary N) is 1. The number of nitrogens with one attached hydrogen (secondary N) is 1. The minimum Gasteiger partial charge on any atom is -0.399 e. The van der Waals surface area contributed by atoms with E-state index in [9.17, 15) is 8.42 Å². The SMILES string of the molecule is CCCc1cc(N)ccc1N(CCC)NS(C)(=O)=O. The molecule has 0 radical (unpaired) electrons. The second kappa shape index (κ2) is 6.77. The van der Waals surface area contributed by atoms with Gasteiger partial charge in [0.05, 0.1) is 11.9 Å². The molecule has 0 atom stereocenters. The van der Waals surface area contributed by atoms with Gasteiger partial charge in [-0.25, -0.2) is 8.42 Å². The summed E-state index contributed by atoms with van der Waals surface area (Å²) in [6, 6.07) is 5.57. The summed E-state index contributed by atoms with van der Waals surface area (Å²) in [5.74, 6) is 0. The molecule has 108 valence electrons. The van der Waals surface area contributed by atoms with Crippen molar-refractivity contribution in [1.29, 1.82) is 0 Å². The number of aryl methyl sites for hydroxylation is 1. The van der Waals surface area contributed by atoms with Gasteiger partial charge in [-0.3, -0.25) is 5.01 Å². The van der Waals surface area contributed by atoms with E-state index in [2.05, 4.69) is 11.8 Å². The van der Waals surface area contributed by atoms with Gasteiger partial charge in [-0.1, -0.05) is 20.3 Å². The molecule has 1 aromatic carbocycles. The van der Waals surface area contributed by atoms with E-state index in [1.165, 1.54) is 0 Å². The monoisotopic (exact) mass is 285 g/mol. The lowest BCUT2D eigenvalue weighted by atomic mass is 10.1. The van der Waals surface area contributed by atoms with E-state index >= 15 is 0 Å². The molecule has 5 nitrogen and oxygen atoms in total. The van der Waals surface area contributed by atoms with Crippen molar-refractivity contribution in [3.05, 3.63) is 23.8 Å². The summed E-state index contributed by atoms with van der Waals surface area (Å²) in [7, 11) is -3.29. The standard InChI is InChI=1S/C13H23N3O2S/c1-4-6-11-10-12(14)7-8-13(11)16(9-5-2)15-19(3,17)18/h7-8,10,15H,4-6,9,14H2,1-3H3. The Morgan fingerprint density at radius 2 is 1.95 bits per heavy atom.